The van der Waals surface area contributed by atoms with E-state index in [-0.39, 0.29) is 5.91 Å². The zero-order valence-electron chi connectivity index (χ0n) is 13.3. The van der Waals surface area contributed by atoms with E-state index in [0.717, 1.165) is 24.6 Å². The minimum absolute atomic E-state index is 0.0100. The highest BCUT2D eigenvalue weighted by Gasteiger charge is 2.24. The molecule has 1 aliphatic heterocycles. The van der Waals surface area contributed by atoms with Crippen LogP contribution in [0.3, 0.4) is 0 Å². The van der Waals surface area contributed by atoms with Crippen LogP contribution in [0.2, 0.25) is 0 Å². The number of carbonyl (C=O) groups is 1. The van der Waals surface area contributed by atoms with Crippen molar-refractivity contribution in [3.05, 3.63) is 41.9 Å². The fourth-order valence-corrected chi connectivity index (χ4v) is 2.99. The predicted molar refractivity (Wildman–Crippen MR) is 90.9 cm³/mol. The van der Waals surface area contributed by atoms with Gasteiger partial charge in [0, 0.05) is 38.6 Å². The van der Waals surface area contributed by atoms with Crippen molar-refractivity contribution >= 4 is 23.5 Å². The summed E-state index contributed by atoms with van der Waals surface area (Å²) in [6, 6.07) is 5.88. The molecule has 1 saturated heterocycles. The lowest BCUT2D eigenvalue weighted by atomic mass is 10.2. The van der Waals surface area contributed by atoms with Gasteiger partial charge >= 0.3 is 0 Å². The fraction of sp³-hybridized carbons (Fsp3) is 0.375. The van der Waals surface area contributed by atoms with E-state index < -0.39 is 0 Å². The standard InChI is InChI=1S/C16H19N5OS/c1-12-13(11-18-16(19-12)23-2)15(22)21-9-7-20(8-10-21)14-5-3-4-6-17-14/h3-6,11H,7-10H2,1-2H3. The quantitative estimate of drug-likeness (QED) is 0.633. The molecule has 0 saturated carbocycles. The molecular weight excluding hydrogens is 310 g/mol. The second-order valence-corrected chi connectivity index (χ2v) is 6.10. The Morgan fingerprint density at radius 2 is 1.96 bits per heavy atom. The first-order valence-corrected chi connectivity index (χ1v) is 8.74. The van der Waals surface area contributed by atoms with E-state index >= 15 is 0 Å². The smallest absolute Gasteiger partial charge is 0.257 e. The Kier molecular flexibility index (Phi) is 4.76. The van der Waals surface area contributed by atoms with Crippen molar-refractivity contribution in [2.24, 2.45) is 0 Å². The maximum Gasteiger partial charge on any atom is 0.257 e. The Morgan fingerprint density at radius 3 is 2.57 bits per heavy atom. The third-order valence-electron chi connectivity index (χ3n) is 3.91. The van der Waals surface area contributed by atoms with E-state index in [1.165, 1.54) is 11.8 Å². The number of aromatic nitrogens is 3. The van der Waals surface area contributed by atoms with Crippen molar-refractivity contribution in [3.8, 4) is 0 Å². The number of hydrogen-bond acceptors (Lipinski definition) is 6. The number of thioether (sulfide) groups is 1. The molecule has 2 aromatic heterocycles. The summed E-state index contributed by atoms with van der Waals surface area (Å²) in [6.45, 7) is 4.79. The van der Waals surface area contributed by atoms with E-state index in [0.29, 0.717) is 23.8 Å². The minimum Gasteiger partial charge on any atom is -0.353 e. The van der Waals surface area contributed by atoms with Crippen molar-refractivity contribution in [1.29, 1.82) is 0 Å². The van der Waals surface area contributed by atoms with Crippen LogP contribution in [0.25, 0.3) is 0 Å². The summed E-state index contributed by atoms with van der Waals surface area (Å²) < 4.78 is 0. The largest absolute Gasteiger partial charge is 0.353 e. The maximum atomic E-state index is 12.7. The van der Waals surface area contributed by atoms with E-state index in [4.69, 9.17) is 0 Å². The summed E-state index contributed by atoms with van der Waals surface area (Å²) in [5.41, 5.74) is 1.33. The van der Waals surface area contributed by atoms with Gasteiger partial charge in [-0.25, -0.2) is 15.0 Å². The molecule has 7 heteroatoms. The number of carbonyl (C=O) groups excluding carboxylic acids is 1. The number of hydrogen-bond donors (Lipinski definition) is 0. The summed E-state index contributed by atoms with van der Waals surface area (Å²) in [7, 11) is 0. The van der Waals surface area contributed by atoms with Crippen LogP contribution in [0.15, 0.2) is 35.7 Å². The summed E-state index contributed by atoms with van der Waals surface area (Å²) >= 11 is 1.48. The maximum absolute atomic E-state index is 12.7. The average molecular weight is 329 g/mol. The van der Waals surface area contributed by atoms with Crippen molar-refractivity contribution in [2.75, 3.05) is 37.3 Å². The van der Waals surface area contributed by atoms with Crippen molar-refractivity contribution in [1.82, 2.24) is 19.9 Å². The van der Waals surface area contributed by atoms with Gasteiger partial charge in [-0.2, -0.15) is 0 Å². The van der Waals surface area contributed by atoms with Gasteiger partial charge in [-0.15, -0.1) is 0 Å². The van der Waals surface area contributed by atoms with Crippen LogP contribution in [0, 0.1) is 6.92 Å². The van der Waals surface area contributed by atoms with Crippen molar-refractivity contribution in [2.45, 2.75) is 12.1 Å². The molecule has 1 aliphatic rings. The number of piperazine rings is 1. The lowest BCUT2D eigenvalue weighted by molar-refractivity contribution is 0.0744. The van der Waals surface area contributed by atoms with Crippen molar-refractivity contribution in [3.63, 3.8) is 0 Å². The lowest BCUT2D eigenvalue weighted by Crippen LogP contribution is -2.49. The van der Waals surface area contributed by atoms with Crippen LogP contribution in [-0.4, -0.2) is 58.2 Å². The summed E-state index contributed by atoms with van der Waals surface area (Å²) in [6.07, 6.45) is 5.36. The van der Waals surface area contributed by atoms with E-state index in [1.807, 2.05) is 36.3 Å². The predicted octanol–water partition coefficient (Wildman–Crippen LogP) is 1.86. The van der Waals surface area contributed by atoms with Gasteiger partial charge in [-0.3, -0.25) is 4.79 Å². The van der Waals surface area contributed by atoms with E-state index in [9.17, 15) is 4.79 Å². The molecule has 0 radical (unpaired) electrons. The molecule has 23 heavy (non-hydrogen) atoms. The average Bonchev–Trinajstić information content (AvgIpc) is 2.62. The first-order chi connectivity index (χ1) is 11.2. The molecule has 0 N–H and O–H groups in total. The number of pyridine rings is 1. The van der Waals surface area contributed by atoms with Gasteiger partial charge in [-0.1, -0.05) is 17.8 Å². The summed E-state index contributed by atoms with van der Waals surface area (Å²) in [5.74, 6) is 0.972. The second kappa shape index (κ2) is 6.95. The fourth-order valence-electron chi connectivity index (χ4n) is 2.60. The monoisotopic (exact) mass is 329 g/mol. The van der Waals surface area contributed by atoms with Gasteiger partial charge in [0.05, 0.1) is 11.3 Å². The molecule has 0 unspecified atom stereocenters. The second-order valence-electron chi connectivity index (χ2n) is 5.32. The molecule has 3 heterocycles. The molecule has 0 aliphatic carbocycles. The minimum atomic E-state index is 0.0100. The Hall–Kier alpha value is -2.15. The Morgan fingerprint density at radius 1 is 1.17 bits per heavy atom. The highest BCUT2D eigenvalue weighted by Crippen LogP contribution is 2.16. The van der Waals surface area contributed by atoms with Crippen LogP contribution in [0.1, 0.15) is 16.1 Å². The first kappa shape index (κ1) is 15.7. The van der Waals surface area contributed by atoms with Gasteiger partial charge < -0.3 is 9.80 Å². The number of rotatable bonds is 3. The topological polar surface area (TPSA) is 62.2 Å². The third-order valence-corrected chi connectivity index (χ3v) is 4.47. The molecule has 1 fully saturated rings. The van der Waals surface area contributed by atoms with Crippen LogP contribution >= 0.6 is 11.8 Å². The van der Waals surface area contributed by atoms with Gasteiger partial charge in [0.25, 0.3) is 5.91 Å². The summed E-state index contributed by atoms with van der Waals surface area (Å²) in [5, 5.41) is 0.694. The van der Waals surface area contributed by atoms with Gasteiger partial charge in [0.2, 0.25) is 0 Å². The van der Waals surface area contributed by atoms with E-state index in [2.05, 4.69) is 19.9 Å². The number of amides is 1. The molecule has 0 spiro atoms. The number of nitrogens with zero attached hydrogens (tertiary/aromatic N) is 5. The van der Waals surface area contributed by atoms with Gasteiger partial charge in [0.15, 0.2) is 5.16 Å². The molecule has 1 amide bonds. The molecule has 0 aromatic carbocycles. The van der Waals surface area contributed by atoms with Gasteiger partial charge in [0.1, 0.15) is 5.82 Å². The van der Waals surface area contributed by atoms with Crippen molar-refractivity contribution < 1.29 is 4.79 Å². The van der Waals surface area contributed by atoms with Crippen LogP contribution in [-0.2, 0) is 0 Å². The Bertz CT molecular complexity index is 686. The zero-order chi connectivity index (χ0) is 16.2. The Labute approximate surface area is 140 Å². The molecule has 6 nitrogen and oxygen atoms in total. The van der Waals surface area contributed by atoms with Crippen LogP contribution in [0.5, 0.6) is 0 Å². The van der Waals surface area contributed by atoms with Gasteiger partial charge in [-0.05, 0) is 25.3 Å². The first-order valence-electron chi connectivity index (χ1n) is 7.52. The SMILES string of the molecule is CSc1ncc(C(=O)N2CCN(c3ccccn3)CC2)c(C)n1. The molecule has 120 valence electrons. The molecule has 0 bridgehead atoms. The van der Waals surface area contributed by atoms with Crippen LogP contribution in [0.4, 0.5) is 5.82 Å². The molecular formula is C16H19N5OS. The highest BCUT2D eigenvalue weighted by atomic mass is 32.2. The lowest BCUT2D eigenvalue weighted by Gasteiger charge is -2.35. The number of aryl methyl sites for hydroxylation is 1. The third kappa shape index (κ3) is 3.44. The molecule has 3 rings (SSSR count). The normalized spacial score (nSPS) is 14.9. The highest BCUT2D eigenvalue weighted by molar-refractivity contribution is 7.98. The zero-order valence-corrected chi connectivity index (χ0v) is 14.1. The molecule has 0 atom stereocenters. The number of anilines is 1. The van der Waals surface area contributed by atoms with Crippen LogP contribution < -0.4 is 4.90 Å². The summed E-state index contributed by atoms with van der Waals surface area (Å²) in [4.78, 5) is 29.7. The molecule has 2 aromatic rings. The van der Waals surface area contributed by atoms with E-state index in [1.54, 1.807) is 12.4 Å². The Balaban J connectivity index is 1.66.